The molecule has 150 valence electrons. The molecule has 1 unspecified atom stereocenters. The van der Waals surface area contributed by atoms with Crippen molar-refractivity contribution in [2.75, 3.05) is 0 Å². The molecule has 4 rings (SSSR count). The van der Waals surface area contributed by atoms with E-state index in [2.05, 4.69) is 21.5 Å². The Hall–Kier alpha value is -3.15. The summed E-state index contributed by atoms with van der Waals surface area (Å²) >= 11 is 0. The molecule has 1 N–H and O–H groups in total. The first-order chi connectivity index (χ1) is 14.1. The molecule has 0 aliphatic heterocycles. The molecule has 0 saturated heterocycles. The molecule has 1 amide bonds. The molecular weight excluding hydrogens is 366 g/mol. The lowest BCUT2D eigenvalue weighted by Gasteiger charge is -2.21. The standard InChI is InChI=1S/C23H25N3O3/c1-15-8-3-5-11-18(15)22-25-21(29-26-22)14-24-23(27)16(2)28-20-13-7-10-17-9-4-6-12-19(17)20/h3,5,7-8,10-11,13,16H,4,6,9,12,14H2,1-2H3,(H,24,27). The fourth-order valence-corrected chi connectivity index (χ4v) is 3.67. The maximum absolute atomic E-state index is 12.5. The number of hydrogen-bond acceptors (Lipinski definition) is 5. The molecule has 0 bridgehead atoms. The summed E-state index contributed by atoms with van der Waals surface area (Å²) in [5.74, 6) is 1.48. The van der Waals surface area contributed by atoms with E-state index in [4.69, 9.17) is 9.26 Å². The van der Waals surface area contributed by atoms with Gasteiger partial charge in [-0.25, -0.2) is 0 Å². The van der Waals surface area contributed by atoms with Crippen LogP contribution in [-0.4, -0.2) is 22.2 Å². The quantitative estimate of drug-likeness (QED) is 0.687. The highest BCUT2D eigenvalue weighted by atomic mass is 16.5. The number of nitrogens with zero attached hydrogens (tertiary/aromatic N) is 2. The van der Waals surface area contributed by atoms with Gasteiger partial charge in [-0.15, -0.1) is 0 Å². The second kappa shape index (κ2) is 8.47. The molecule has 29 heavy (non-hydrogen) atoms. The summed E-state index contributed by atoms with van der Waals surface area (Å²) in [6.45, 7) is 3.91. The van der Waals surface area contributed by atoms with E-state index < -0.39 is 6.10 Å². The Bertz CT molecular complexity index is 1010. The van der Waals surface area contributed by atoms with Crippen LogP contribution in [0.3, 0.4) is 0 Å². The maximum Gasteiger partial charge on any atom is 0.261 e. The van der Waals surface area contributed by atoms with Crippen molar-refractivity contribution >= 4 is 5.91 Å². The highest BCUT2D eigenvalue weighted by molar-refractivity contribution is 5.80. The molecule has 1 atom stereocenters. The van der Waals surface area contributed by atoms with Crippen molar-refractivity contribution < 1.29 is 14.1 Å². The second-order valence-corrected chi connectivity index (χ2v) is 7.41. The Labute approximate surface area is 170 Å². The first-order valence-corrected chi connectivity index (χ1v) is 10.1. The second-order valence-electron chi connectivity index (χ2n) is 7.41. The number of fused-ring (bicyclic) bond motifs is 1. The van der Waals surface area contributed by atoms with Crippen LogP contribution in [0, 0.1) is 6.92 Å². The van der Waals surface area contributed by atoms with Crippen LogP contribution in [0.15, 0.2) is 47.0 Å². The fourth-order valence-electron chi connectivity index (χ4n) is 3.67. The van der Waals surface area contributed by atoms with E-state index >= 15 is 0 Å². The summed E-state index contributed by atoms with van der Waals surface area (Å²) in [5, 5.41) is 6.84. The zero-order chi connectivity index (χ0) is 20.2. The van der Waals surface area contributed by atoms with Gasteiger partial charge >= 0.3 is 0 Å². The smallest absolute Gasteiger partial charge is 0.261 e. The number of carbonyl (C=O) groups excluding carboxylic acids is 1. The van der Waals surface area contributed by atoms with E-state index in [9.17, 15) is 4.79 Å². The molecular formula is C23H25N3O3. The van der Waals surface area contributed by atoms with Crippen molar-refractivity contribution in [3.05, 3.63) is 65.0 Å². The van der Waals surface area contributed by atoms with Gasteiger partial charge in [0.05, 0.1) is 6.54 Å². The van der Waals surface area contributed by atoms with Crippen LogP contribution in [0.25, 0.3) is 11.4 Å². The molecule has 1 aliphatic carbocycles. The van der Waals surface area contributed by atoms with Gasteiger partial charge in [0.1, 0.15) is 5.75 Å². The predicted molar refractivity (Wildman–Crippen MR) is 109 cm³/mol. The molecule has 0 saturated carbocycles. The molecule has 6 heteroatoms. The molecule has 1 aliphatic rings. The van der Waals surface area contributed by atoms with E-state index in [1.54, 1.807) is 6.92 Å². The molecule has 1 aromatic heterocycles. The SMILES string of the molecule is Cc1ccccc1-c1noc(CNC(=O)C(C)Oc2cccc3c2CCCC3)n1. The number of aryl methyl sites for hydroxylation is 2. The number of carbonyl (C=O) groups is 1. The zero-order valence-corrected chi connectivity index (χ0v) is 16.8. The lowest BCUT2D eigenvalue weighted by atomic mass is 9.91. The minimum atomic E-state index is -0.609. The largest absolute Gasteiger partial charge is 0.481 e. The van der Waals surface area contributed by atoms with Crippen LogP contribution in [0.1, 0.15) is 42.3 Å². The summed E-state index contributed by atoms with van der Waals surface area (Å²) < 4.78 is 11.3. The molecule has 6 nitrogen and oxygen atoms in total. The van der Waals surface area contributed by atoms with Crippen molar-refractivity contribution in [1.29, 1.82) is 0 Å². The highest BCUT2D eigenvalue weighted by Gasteiger charge is 2.20. The lowest BCUT2D eigenvalue weighted by molar-refractivity contribution is -0.127. The minimum absolute atomic E-state index is 0.165. The summed E-state index contributed by atoms with van der Waals surface area (Å²) in [7, 11) is 0. The van der Waals surface area contributed by atoms with E-state index in [0.717, 1.165) is 36.1 Å². The molecule has 0 fully saturated rings. The van der Waals surface area contributed by atoms with Gasteiger partial charge < -0.3 is 14.6 Å². The van der Waals surface area contributed by atoms with Gasteiger partial charge in [0.25, 0.3) is 5.91 Å². The van der Waals surface area contributed by atoms with Crippen LogP contribution in [-0.2, 0) is 24.2 Å². The van der Waals surface area contributed by atoms with Gasteiger partial charge in [-0.1, -0.05) is 41.6 Å². The Morgan fingerprint density at radius 3 is 2.86 bits per heavy atom. The average Bonchev–Trinajstić information content (AvgIpc) is 3.21. The Kier molecular flexibility index (Phi) is 5.60. The number of hydrogen-bond donors (Lipinski definition) is 1. The van der Waals surface area contributed by atoms with E-state index in [-0.39, 0.29) is 12.5 Å². The summed E-state index contributed by atoms with van der Waals surface area (Å²) in [6, 6.07) is 13.9. The lowest BCUT2D eigenvalue weighted by Crippen LogP contribution is -2.36. The first kappa shape index (κ1) is 19.2. The van der Waals surface area contributed by atoms with Crippen molar-refractivity contribution in [3.8, 4) is 17.1 Å². The van der Waals surface area contributed by atoms with Crippen molar-refractivity contribution in [3.63, 3.8) is 0 Å². The summed E-state index contributed by atoms with van der Waals surface area (Å²) in [6.07, 6.45) is 3.84. The van der Waals surface area contributed by atoms with Gasteiger partial charge in [0.15, 0.2) is 6.10 Å². The van der Waals surface area contributed by atoms with Crippen molar-refractivity contribution in [1.82, 2.24) is 15.5 Å². The molecule has 1 heterocycles. The van der Waals surface area contributed by atoms with Crippen LogP contribution < -0.4 is 10.1 Å². The maximum atomic E-state index is 12.5. The van der Waals surface area contributed by atoms with E-state index in [1.807, 2.05) is 43.3 Å². The van der Waals surface area contributed by atoms with Crippen LogP contribution in [0.4, 0.5) is 0 Å². The van der Waals surface area contributed by atoms with Gasteiger partial charge in [-0.3, -0.25) is 4.79 Å². The van der Waals surface area contributed by atoms with Gasteiger partial charge in [0, 0.05) is 5.56 Å². The number of rotatable bonds is 6. The monoisotopic (exact) mass is 391 g/mol. The summed E-state index contributed by atoms with van der Waals surface area (Å²) in [5.41, 5.74) is 4.55. The normalized spacial score (nSPS) is 14.1. The topological polar surface area (TPSA) is 77.2 Å². The summed E-state index contributed by atoms with van der Waals surface area (Å²) in [4.78, 5) is 16.9. The van der Waals surface area contributed by atoms with Crippen LogP contribution in [0.5, 0.6) is 5.75 Å². The Morgan fingerprint density at radius 2 is 2.00 bits per heavy atom. The van der Waals surface area contributed by atoms with E-state index in [0.29, 0.717) is 11.7 Å². The Balaban J connectivity index is 1.36. The number of amides is 1. The molecule has 2 aromatic carbocycles. The third-order valence-corrected chi connectivity index (χ3v) is 5.29. The predicted octanol–water partition coefficient (Wildman–Crippen LogP) is 4.01. The fraction of sp³-hybridized carbons (Fsp3) is 0.348. The van der Waals surface area contributed by atoms with Crippen molar-refractivity contribution in [2.45, 2.75) is 52.2 Å². The first-order valence-electron chi connectivity index (χ1n) is 10.1. The number of nitrogens with one attached hydrogen (secondary N) is 1. The molecule has 0 radical (unpaired) electrons. The Morgan fingerprint density at radius 1 is 1.17 bits per heavy atom. The third-order valence-electron chi connectivity index (χ3n) is 5.29. The average molecular weight is 391 g/mol. The van der Waals surface area contributed by atoms with Crippen LogP contribution >= 0.6 is 0 Å². The number of aromatic nitrogens is 2. The van der Waals surface area contributed by atoms with Crippen LogP contribution in [0.2, 0.25) is 0 Å². The number of ether oxygens (including phenoxy) is 1. The van der Waals surface area contributed by atoms with Crippen molar-refractivity contribution in [2.24, 2.45) is 0 Å². The zero-order valence-electron chi connectivity index (χ0n) is 16.8. The number of benzene rings is 2. The third kappa shape index (κ3) is 4.31. The molecule has 0 spiro atoms. The van der Waals surface area contributed by atoms with E-state index in [1.165, 1.54) is 17.5 Å². The highest BCUT2D eigenvalue weighted by Crippen LogP contribution is 2.30. The van der Waals surface area contributed by atoms with Gasteiger partial charge in [-0.05, 0) is 62.3 Å². The minimum Gasteiger partial charge on any atom is -0.481 e. The van der Waals surface area contributed by atoms with Gasteiger partial charge in [-0.2, -0.15) is 4.98 Å². The molecule has 3 aromatic rings. The van der Waals surface area contributed by atoms with Gasteiger partial charge in [0.2, 0.25) is 11.7 Å².